The molecule has 98 valence electrons. The van der Waals surface area contributed by atoms with Crippen LogP contribution in [0.15, 0.2) is 0 Å². The number of nitrogens with zero attached hydrogens (tertiary/aromatic N) is 1. The zero-order chi connectivity index (χ0) is 12.8. The van der Waals surface area contributed by atoms with Crippen LogP contribution in [0.3, 0.4) is 0 Å². The van der Waals surface area contributed by atoms with Crippen LogP contribution in [0.4, 0.5) is 0 Å². The minimum atomic E-state index is -0.133. The molecule has 4 heteroatoms. The van der Waals surface area contributed by atoms with Crippen molar-refractivity contribution < 1.29 is 9.59 Å². The Morgan fingerprint density at radius 2 is 2.24 bits per heavy atom. The highest BCUT2D eigenvalue weighted by Gasteiger charge is 2.27. The standard InChI is InChI=1S/C13H24N2O2/c1-4-10(2)14-13(17)11(3)15-7-5-6-12(8-15)9-16/h9-12H,4-8H2,1-3H3,(H,14,17). The molecule has 1 saturated heterocycles. The van der Waals surface area contributed by atoms with Crippen molar-refractivity contribution in [1.29, 1.82) is 0 Å². The smallest absolute Gasteiger partial charge is 0.237 e. The first kappa shape index (κ1) is 14.2. The number of nitrogens with one attached hydrogen (secondary N) is 1. The molecular formula is C13H24N2O2. The number of hydrogen-bond donors (Lipinski definition) is 1. The molecule has 1 aliphatic rings. The normalized spacial score (nSPS) is 25.0. The van der Waals surface area contributed by atoms with E-state index in [1.165, 1.54) is 0 Å². The molecule has 1 N–H and O–H groups in total. The molecule has 4 nitrogen and oxygen atoms in total. The number of likely N-dealkylation sites (tertiary alicyclic amines) is 1. The Bertz CT molecular complexity index is 268. The lowest BCUT2D eigenvalue weighted by Crippen LogP contribution is -2.50. The number of aldehydes is 1. The van der Waals surface area contributed by atoms with Gasteiger partial charge < -0.3 is 10.1 Å². The van der Waals surface area contributed by atoms with E-state index in [1.54, 1.807) is 0 Å². The molecule has 0 saturated carbocycles. The summed E-state index contributed by atoms with van der Waals surface area (Å²) in [5.74, 6) is 0.175. The highest BCUT2D eigenvalue weighted by molar-refractivity contribution is 5.81. The number of hydrogen-bond acceptors (Lipinski definition) is 3. The maximum absolute atomic E-state index is 12.0. The molecule has 17 heavy (non-hydrogen) atoms. The maximum atomic E-state index is 12.0. The minimum absolute atomic E-state index is 0.0749. The van der Waals surface area contributed by atoms with Crippen LogP contribution in [0.1, 0.15) is 40.0 Å². The molecule has 1 aliphatic heterocycles. The Labute approximate surface area is 104 Å². The Morgan fingerprint density at radius 1 is 1.53 bits per heavy atom. The second-order valence-corrected chi connectivity index (χ2v) is 5.03. The van der Waals surface area contributed by atoms with Crippen LogP contribution < -0.4 is 5.32 Å². The van der Waals surface area contributed by atoms with Crippen molar-refractivity contribution in [1.82, 2.24) is 10.2 Å². The van der Waals surface area contributed by atoms with E-state index in [9.17, 15) is 9.59 Å². The number of carbonyl (C=O) groups excluding carboxylic acids is 2. The van der Waals surface area contributed by atoms with Gasteiger partial charge in [0.1, 0.15) is 6.29 Å². The van der Waals surface area contributed by atoms with E-state index < -0.39 is 0 Å². The van der Waals surface area contributed by atoms with E-state index in [-0.39, 0.29) is 23.9 Å². The van der Waals surface area contributed by atoms with Crippen LogP contribution in [-0.2, 0) is 9.59 Å². The SMILES string of the molecule is CCC(C)NC(=O)C(C)N1CCCC(C=O)C1. The number of rotatable bonds is 5. The van der Waals surface area contributed by atoms with Gasteiger partial charge in [0, 0.05) is 18.5 Å². The topological polar surface area (TPSA) is 49.4 Å². The quantitative estimate of drug-likeness (QED) is 0.735. The molecule has 0 aromatic carbocycles. The molecule has 3 atom stereocenters. The van der Waals surface area contributed by atoms with E-state index in [0.29, 0.717) is 0 Å². The summed E-state index contributed by atoms with van der Waals surface area (Å²) < 4.78 is 0. The maximum Gasteiger partial charge on any atom is 0.237 e. The molecule has 1 fully saturated rings. The van der Waals surface area contributed by atoms with Crippen LogP contribution >= 0.6 is 0 Å². The predicted octanol–water partition coefficient (Wildman–Crippen LogP) is 1.20. The van der Waals surface area contributed by atoms with Gasteiger partial charge in [0.05, 0.1) is 6.04 Å². The summed E-state index contributed by atoms with van der Waals surface area (Å²) in [5, 5.41) is 2.99. The zero-order valence-corrected chi connectivity index (χ0v) is 11.1. The van der Waals surface area contributed by atoms with Gasteiger partial charge in [-0.1, -0.05) is 6.92 Å². The number of piperidine rings is 1. The van der Waals surface area contributed by atoms with Gasteiger partial charge in [0.15, 0.2) is 0 Å². The van der Waals surface area contributed by atoms with Crippen molar-refractivity contribution >= 4 is 12.2 Å². The van der Waals surface area contributed by atoms with E-state index in [1.807, 2.05) is 13.8 Å². The predicted molar refractivity (Wildman–Crippen MR) is 67.7 cm³/mol. The molecule has 0 radical (unpaired) electrons. The molecule has 1 rings (SSSR count). The minimum Gasteiger partial charge on any atom is -0.352 e. The van der Waals surface area contributed by atoms with Gasteiger partial charge in [-0.2, -0.15) is 0 Å². The first-order valence-electron chi connectivity index (χ1n) is 6.58. The lowest BCUT2D eigenvalue weighted by molar-refractivity contribution is -0.128. The third-order valence-corrected chi connectivity index (χ3v) is 3.61. The van der Waals surface area contributed by atoms with Crippen LogP contribution in [0.2, 0.25) is 0 Å². The molecule has 0 aromatic heterocycles. The molecule has 0 bridgehead atoms. The molecule has 0 aromatic rings. The van der Waals surface area contributed by atoms with E-state index in [2.05, 4.69) is 17.1 Å². The van der Waals surface area contributed by atoms with Crippen LogP contribution in [0.5, 0.6) is 0 Å². The zero-order valence-electron chi connectivity index (χ0n) is 11.1. The molecule has 0 spiro atoms. The van der Waals surface area contributed by atoms with Gasteiger partial charge in [-0.25, -0.2) is 0 Å². The fraction of sp³-hybridized carbons (Fsp3) is 0.846. The summed E-state index contributed by atoms with van der Waals surface area (Å²) >= 11 is 0. The van der Waals surface area contributed by atoms with Crippen molar-refractivity contribution in [3.05, 3.63) is 0 Å². The van der Waals surface area contributed by atoms with E-state index >= 15 is 0 Å². The number of amides is 1. The Morgan fingerprint density at radius 3 is 2.82 bits per heavy atom. The Hall–Kier alpha value is -0.900. The van der Waals surface area contributed by atoms with Crippen LogP contribution in [0, 0.1) is 5.92 Å². The first-order valence-corrected chi connectivity index (χ1v) is 6.58. The lowest BCUT2D eigenvalue weighted by atomic mass is 9.98. The third-order valence-electron chi connectivity index (χ3n) is 3.61. The fourth-order valence-electron chi connectivity index (χ4n) is 2.13. The molecule has 0 aliphatic carbocycles. The van der Waals surface area contributed by atoms with Gasteiger partial charge >= 0.3 is 0 Å². The highest BCUT2D eigenvalue weighted by Crippen LogP contribution is 2.16. The Kier molecular flexibility index (Phi) is 5.62. The van der Waals surface area contributed by atoms with Crippen molar-refractivity contribution in [2.75, 3.05) is 13.1 Å². The molecule has 1 heterocycles. The average Bonchev–Trinajstić information content (AvgIpc) is 2.37. The average molecular weight is 240 g/mol. The van der Waals surface area contributed by atoms with E-state index in [0.717, 1.165) is 38.6 Å². The third kappa shape index (κ3) is 4.11. The monoisotopic (exact) mass is 240 g/mol. The van der Waals surface area contributed by atoms with E-state index in [4.69, 9.17) is 0 Å². The molecular weight excluding hydrogens is 216 g/mol. The van der Waals surface area contributed by atoms with Crippen molar-refractivity contribution in [3.63, 3.8) is 0 Å². The molecule has 1 amide bonds. The largest absolute Gasteiger partial charge is 0.352 e. The van der Waals surface area contributed by atoms with Crippen molar-refractivity contribution in [2.45, 2.75) is 52.1 Å². The van der Waals surface area contributed by atoms with Gasteiger partial charge in [-0.3, -0.25) is 9.69 Å². The van der Waals surface area contributed by atoms with Gasteiger partial charge in [-0.05, 0) is 39.7 Å². The summed E-state index contributed by atoms with van der Waals surface area (Å²) in [4.78, 5) is 24.9. The van der Waals surface area contributed by atoms with Crippen molar-refractivity contribution in [2.24, 2.45) is 5.92 Å². The fourth-order valence-corrected chi connectivity index (χ4v) is 2.13. The summed E-state index contributed by atoms with van der Waals surface area (Å²) in [6.07, 6.45) is 3.92. The van der Waals surface area contributed by atoms with Crippen LogP contribution in [0.25, 0.3) is 0 Å². The van der Waals surface area contributed by atoms with Gasteiger partial charge in [0.25, 0.3) is 0 Å². The summed E-state index contributed by atoms with van der Waals surface area (Å²) in [7, 11) is 0. The Balaban J connectivity index is 2.47. The summed E-state index contributed by atoms with van der Waals surface area (Å²) in [5.41, 5.74) is 0. The second-order valence-electron chi connectivity index (χ2n) is 5.03. The highest BCUT2D eigenvalue weighted by atomic mass is 16.2. The van der Waals surface area contributed by atoms with Crippen molar-refractivity contribution in [3.8, 4) is 0 Å². The van der Waals surface area contributed by atoms with Gasteiger partial charge in [-0.15, -0.1) is 0 Å². The molecule has 3 unspecified atom stereocenters. The summed E-state index contributed by atoms with van der Waals surface area (Å²) in [6.45, 7) is 7.62. The summed E-state index contributed by atoms with van der Waals surface area (Å²) in [6, 6.07) is 0.0864. The lowest BCUT2D eigenvalue weighted by Gasteiger charge is -2.34. The first-order chi connectivity index (χ1) is 8.08. The van der Waals surface area contributed by atoms with Gasteiger partial charge in [0.2, 0.25) is 5.91 Å². The van der Waals surface area contributed by atoms with Crippen LogP contribution in [-0.4, -0.2) is 42.3 Å². The second kappa shape index (κ2) is 6.74. The number of carbonyl (C=O) groups is 2.